The number of fused-ring (bicyclic) bond motifs is 1. The molecule has 10 heteroatoms. The van der Waals surface area contributed by atoms with Crippen LogP contribution in [0.4, 0.5) is 0 Å². The highest BCUT2D eigenvalue weighted by Crippen LogP contribution is 2.31. The number of aromatic nitrogens is 4. The second-order valence-corrected chi connectivity index (χ2v) is 6.61. The summed E-state index contributed by atoms with van der Waals surface area (Å²) in [6, 6.07) is 6.56. The summed E-state index contributed by atoms with van der Waals surface area (Å²) in [6.07, 6.45) is 1.20. The van der Waals surface area contributed by atoms with Crippen LogP contribution < -0.4 is 4.74 Å². The van der Waals surface area contributed by atoms with E-state index in [-0.39, 0.29) is 11.8 Å². The fraction of sp³-hybridized carbons (Fsp3) is 0.333. The van der Waals surface area contributed by atoms with Gasteiger partial charge in [-0.25, -0.2) is 19.7 Å². The molecule has 3 atom stereocenters. The van der Waals surface area contributed by atoms with Crippen LogP contribution in [-0.2, 0) is 9.47 Å². The largest absolute Gasteiger partial charge is 0.497 e. The molecule has 0 bridgehead atoms. The second kappa shape index (κ2) is 7.70. The zero-order chi connectivity index (χ0) is 19.7. The Balaban J connectivity index is 1.41. The van der Waals surface area contributed by atoms with Gasteiger partial charge in [-0.3, -0.25) is 4.57 Å². The molecule has 4 rings (SSSR count). The van der Waals surface area contributed by atoms with Gasteiger partial charge in [0.05, 0.1) is 25.1 Å². The highest BCUT2D eigenvalue weighted by molar-refractivity contribution is 6.33. The van der Waals surface area contributed by atoms with E-state index in [2.05, 4.69) is 15.0 Å². The summed E-state index contributed by atoms with van der Waals surface area (Å²) in [5.74, 6) is 0.139. The predicted octanol–water partition coefficient (Wildman–Crippen LogP) is 1.99. The summed E-state index contributed by atoms with van der Waals surface area (Å²) in [4.78, 5) is 24.4. The van der Waals surface area contributed by atoms with Crippen LogP contribution >= 0.6 is 11.6 Å². The van der Waals surface area contributed by atoms with Crippen molar-refractivity contribution in [1.82, 2.24) is 19.5 Å². The molecule has 0 aliphatic carbocycles. The summed E-state index contributed by atoms with van der Waals surface area (Å²) in [5, 5.41) is 10.6. The molecule has 0 saturated carbocycles. The monoisotopic (exact) mass is 404 g/mol. The van der Waals surface area contributed by atoms with E-state index < -0.39 is 24.4 Å². The van der Waals surface area contributed by atoms with E-state index in [1.54, 1.807) is 35.9 Å². The SMILES string of the molecule is COc1ccc(C(=O)OC[C@H]2O[C@@H](n3cnc4c(Cl)ncnc43)C[C@@H]2O)cc1. The zero-order valence-corrected chi connectivity index (χ0v) is 15.6. The minimum Gasteiger partial charge on any atom is -0.497 e. The van der Waals surface area contributed by atoms with Crippen LogP contribution in [0.3, 0.4) is 0 Å². The molecule has 3 aromatic rings. The van der Waals surface area contributed by atoms with E-state index in [1.807, 2.05) is 0 Å². The molecule has 1 saturated heterocycles. The summed E-state index contributed by atoms with van der Waals surface area (Å²) in [6.45, 7) is -0.0785. The maximum Gasteiger partial charge on any atom is 0.338 e. The molecular weight excluding hydrogens is 388 g/mol. The van der Waals surface area contributed by atoms with Gasteiger partial charge in [-0.15, -0.1) is 0 Å². The van der Waals surface area contributed by atoms with E-state index in [4.69, 9.17) is 25.8 Å². The van der Waals surface area contributed by atoms with Gasteiger partial charge in [0.2, 0.25) is 0 Å². The molecule has 1 fully saturated rings. The van der Waals surface area contributed by atoms with Crippen molar-refractivity contribution >= 4 is 28.7 Å². The van der Waals surface area contributed by atoms with Gasteiger partial charge in [-0.05, 0) is 24.3 Å². The van der Waals surface area contributed by atoms with E-state index in [0.29, 0.717) is 28.9 Å². The number of hydrogen-bond donors (Lipinski definition) is 1. The first-order valence-corrected chi connectivity index (χ1v) is 8.92. The van der Waals surface area contributed by atoms with Crippen LogP contribution in [0.5, 0.6) is 5.75 Å². The van der Waals surface area contributed by atoms with Crippen molar-refractivity contribution in [3.05, 3.63) is 47.6 Å². The lowest BCUT2D eigenvalue weighted by molar-refractivity contribution is -0.0509. The number of esters is 1. The summed E-state index contributed by atoms with van der Waals surface area (Å²) >= 11 is 6.01. The lowest BCUT2D eigenvalue weighted by Crippen LogP contribution is -2.28. The molecule has 0 amide bonds. The fourth-order valence-corrected chi connectivity index (χ4v) is 3.22. The van der Waals surface area contributed by atoms with Crippen LogP contribution in [0.1, 0.15) is 23.0 Å². The van der Waals surface area contributed by atoms with Crippen molar-refractivity contribution in [1.29, 1.82) is 0 Å². The minimum atomic E-state index is -0.802. The number of ether oxygens (including phenoxy) is 3. The molecule has 9 nitrogen and oxygen atoms in total. The van der Waals surface area contributed by atoms with Crippen molar-refractivity contribution in [2.24, 2.45) is 0 Å². The number of imidazole rings is 1. The topological polar surface area (TPSA) is 109 Å². The summed E-state index contributed by atoms with van der Waals surface area (Å²) < 4.78 is 17.9. The molecule has 1 aliphatic heterocycles. The van der Waals surface area contributed by atoms with Crippen molar-refractivity contribution in [3.8, 4) is 5.75 Å². The molecule has 28 heavy (non-hydrogen) atoms. The van der Waals surface area contributed by atoms with Gasteiger partial charge in [0, 0.05) is 6.42 Å². The van der Waals surface area contributed by atoms with Gasteiger partial charge in [-0.2, -0.15) is 0 Å². The van der Waals surface area contributed by atoms with Crippen molar-refractivity contribution < 1.29 is 24.1 Å². The number of hydrogen-bond acceptors (Lipinski definition) is 8. The minimum absolute atomic E-state index is 0.0785. The number of carbonyl (C=O) groups is 1. The Kier molecular flexibility index (Phi) is 5.12. The molecule has 1 N–H and O–H groups in total. The van der Waals surface area contributed by atoms with Gasteiger partial charge in [0.15, 0.2) is 10.8 Å². The van der Waals surface area contributed by atoms with Gasteiger partial charge in [0.1, 0.15) is 36.5 Å². The third-order valence-electron chi connectivity index (χ3n) is 4.53. The number of rotatable bonds is 5. The van der Waals surface area contributed by atoms with Crippen LogP contribution in [-0.4, -0.2) is 56.5 Å². The van der Waals surface area contributed by atoms with E-state index in [0.717, 1.165) is 0 Å². The summed E-state index contributed by atoms with van der Waals surface area (Å²) in [5.41, 5.74) is 1.35. The zero-order valence-electron chi connectivity index (χ0n) is 14.9. The highest BCUT2D eigenvalue weighted by atomic mass is 35.5. The van der Waals surface area contributed by atoms with Gasteiger partial charge >= 0.3 is 5.97 Å². The lowest BCUT2D eigenvalue weighted by Gasteiger charge is -2.16. The number of carbonyl (C=O) groups excluding carboxylic acids is 1. The first-order chi connectivity index (χ1) is 13.6. The van der Waals surface area contributed by atoms with Crippen LogP contribution in [0.25, 0.3) is 11.2 Å². The van der Waals surface area contributed by atoms with Crippen molar-refractivity contribution in [2.75, 3.05) is 13.7 Å². The van der Waals surface area contributed by atoms with Gasteiger partial charge in [0.25, 0.3) is 0 Å². The Labute approximate surface area is 164 Å². The van der Waals surface area contributed by atoms with Crippen molar-refractivity contribution in [3.63, 3.8) is 0 Å². The number of methoxy groups -OCH3 is 1. The van der Waals surface area contributed by atoms with Crippen LogP contribution in [0.2, 0.25) is 5.15 Å². The molecule has 0 radical (unpaired) electrons. The van der Waals surface area contributed by atoms with Crippen molar-refractivity contribution in [2.45, 2.75) is 24.9 Å². The Morgan fingerprint density at radius 3 is 2.86 bits per heavy atom. The molecular formula is C18H17ClN4O5. The molecule has 146 valence electrons. The Morgan fingerprint density at radius 2 is 2.11 bits per heavy atom. The lowest BCUT2D eigenvalue weighted by atomic mass is 10.2. The van der Waals surface area contributed by atoms with E-state index in [9.17, 15) is 9.90 Å². The molecule has 0 unspecified atom stereocenters. The Bertz CT molecular complexity index is 993. The Morgan fingerprint density at radius 1 is 1.32 bits per heavy atom. The number of benzene rings is 1. The average molecular weight is 405 g/mol. The number of halogens is 1. The third-order valence-corrected chi connectivity index (χ3v) is 4.81. The summed E-state index contributed by atoms with van der Waals surface area (Å²) in [7, 11) is 1.55. The van der Waals surface area contributed by atoms with E-state index in [1.165, 1.54) is 12.7 Å². The number of aliphatic hydroxyl groups is 1. The molecule has 1 aromatic carbocycles. The number of aliphatic hydroxyl groups excluding tert-OH is 1. The van der Waals surface area contributed by atoms with E-state index >= 15 is 0 Å². The van der Waals surface area contributed by atoms with Gasteiger partial charge in [-0.1, -0.05) is 11.6 Å². The molecule has 2 aromatic heterocycles. The van der Waals surface area contributed by atoms with Crippen LogP contribution in [0, 0.1) is 0 Å². The molecule has 0 spiro atoms. The first-order valence-electron chi connectivity index (χ1n) is 8.54. The average Bonchev–Trinajstić information content (AvgIpc) is 3.30. The maximum absolute atomic E-state index is 12.2. The Hall–Kier alpha value is -2.75. The quantitative estimate of drug-likeness (QED) is 0.508. The molecule has 3 heterocycles. The highest BCUT2D eigenvalue weighted by Gasteiger charge is 2.36. The molecule has 1 aliphatic rings. The third kappa shape index (κ3) is 3.51. The van der Waals surface area contributed by atoms with Gasteiger partial charge < -0.3 is 19.3 Å². The smallest absolute Gasteiger partial charge is 0.338 e. The maximum atomic E-state index is 12.2. The predicted molar refractivity (Wildman–Crippen MR) is 98.1 cm³/mol. The van der Waals surface area contributed by atoms with Crippen LogP contribution in [0.15, 0.2) is 36.9 Å². The number of nitrogens with zero attached hydrogens (tertiary/aromatic N) is 4. The second-order valence-electron chi connectivity index (χ2n) is 6.25. The normalized spacial score (nSPS) is 21.8. The standard InChI is InChI=1S/C18H17ClN4O5/c1-26-11-4-2-10(3-5-11)18(25)27-7-13-12(24)6-14(28-13)23-9-22-15-16(19)20-8-21-17(15)23/h2-5,8-9,12-14,24H,6-7H2,1H3/t12-,13+,14+/m0/s1. The fourth-order valence-electron chi connectivity index (χ4n) is 3.04. The first kappa shape index (κ1) is 18.6.